The van der Waals surface area contributed by atoms with Gasteiger partial charge in [0.15, 0.2) is 0 Å². The number of nitro groups is 1. The van der Waals surface area contributed by atoms with Crippen LogP contribution < -0.4 is 5.73 Å². The predicted molar refractivity (Wildman–Crippen MR) is 71.2 cm³/mol. The van der Waals surface area contributed by atoms with E-state index in [0.717, 1.165) is 18.4 Å². The summed E-state index contributed by atoms with van der Waals surface area (Å²) >= 11 is 0. The Morgan fingerprint density at radius 2 is 2.17 bits per heavy atom. The lowest BCUT2D eigenvalue weighted by atomic mass is 10.1. The van der Waals surface area contributed by atoms with Crippen LogP contribution in [0.1, 0.15) is 32.3 Å². The highest BCUT2D eigenvalue weighted by Crippen LogP contribution is 2.22. The SMILES string of the molecule is CC(C)CCCOCc1ccc(N)c([N+](=O)[O-])c1. The number of nitrogens with two attached hydrogens (primary N) is 1. The number of ether oxygens (including phenoxy) is 1. The fraction of sp³-hybridized carbons (Fsp3) is 0.538. The molecule has 0 aliphatic rings. The van der Waals surface area contributed by atoms with Crippen LogP contribution in [0.25, 0.3) is 0 Å². The Kier molecular flexibility index (Phi) is 5.58. The van der Waals surface area contributed by atoms with Gasteiger partial charge >= 0.3 is 0 Å². The minimum absolute atomic E-state index is 0.0571. The third kappa shape index (κ3) is 4.71. The van der Waals surface area contributed by atoms with E-state index in [0.29, 0.717) is 19.1 Å². The monoisotopic (exact) mass is 252 g/mol. The van der Waals surface area contributed by atoms with Gasteiger partial charge in [-0.15, -0.1) is 0 Å². The molecule has 0 saturated heterocycles. The third-order valence-corrected chi connectivity index (χ3v) is 2.63. The molecule has 0 aliphatic carbocycles. The molecular weight excluding hydrogens is 232 g/mol. The van der Waals surface area contributed by atoms with E-state index in [1.54, 1.807) is 12.1 Å². The zero-order chi connectivity index (χ0) is 13.5. The molecule has 0 aliphatic heterocycles. The van der Waals surface area contributed by atoms with Crippen molar-refractivity contribution in [1.29, 1.82) is 0 Å². The van der Waals surface area contributed by atoms with E-state index in [9.17, 15) is 10.1 Å². The maximum absolute atomic E-state index is 10.7. The van der Waals surface area contributed by atoms with Crippen molar-refractivity contribution in [1.82, 2.24) is 0 Å². The average molecular weight is 252 g/mol. The number of anilines is 1. The Balaban J connectivity index is 2.43. The molecule has 0 unspecified atom stereocenters. The highest BCUT2D eigenvalue weighted by atomic mass is 16.6. The normalized spacial score (nSPS) is 10.8. The van der Waals surface area contributed by atoms with Crippen molar-refractivity contribution >= 4 is 11.4 Å². The first kappa shape index (κ1) is 14.4. The van der Waals surface area contributed by atoms with Gasteiger partial charge in [0.1, 0.15) is 5.69 Å². The molecule has 1 rings (SSSR count). The van der Waals surface area contributed by atoms with Gasteiger partial charge in [0.2, 0.25) is 0 Å². The molecule has 0 amide bonds. The second-order valence-electron chi connectivity index (χ2n) is 4.74. The van der Waals surface area contributed by atoms with Crippen LogP contribution in [0.4, 0.5) is 11.4 Å². The lowest BCUT2D eigenvalue weighted by Gasteiger charge is -2.06. The predicted octanol–water partition coefficient (Wildman–Crippen LogP) is 3.13. The first-order valence-corrected chi connectivity index (χ1v) is 6.11. The Bertz CT molecular complexity index is 405. The van der Waals surface area contributed by atoms with E-state index in [4.69, 9.17) is 10.5 Å². The van der Waals surface area contributed by atoms with Gasteiger partial charge in [0.25, 0.3) is 5.69 Å². The van der Waals surface area contributed by atoms with Crippen LogP contribution in [0.5, 0.6) is 0 Å². The molecule has 0 bridgehead atoms. The number of hydrogen-bond donors (Lipinski definition) is 1. The van der Waals surface area contributed by atoms with Crippen molar-refractivity contribution in [3.05, 3.63) is 33.9 Å². The van der Waals surface area contributed by atoms with Gasteiger partial charge < -0.3 is 10.5 Å². The molecule has 0 spiro atoms. The zero-order valence-electron chi connectivity index (χ0n) is 10.9. The van der Waals surface area contributed by atoms with Crippen molar-refractivity contribution < 1.29 is 9.66 Å². The number of benzene rings is 1. The summed E-state index contributed by atoms with van der Waals surface area (Å²) in [4.78, 5) is 10.2. The van der Waals surface area contributed by atoms with Gasteiger partial charge in [0.05, 0.1) is 11.5 Å². The number of nitrogen functional groups attached to an aromatic ring is 1. The van der Waals surface area contributed by atoms with Gasteiger partial charge in [-0.25, -0.2) is 0 Å². The summed E-state index contributed by atoms with van der Waals surface area (Å²) in [7, 11) is 0. The summed E-state index contributed by atoms with van der Waals surface area (Å²) in [5.74, 6) is 0.672. The highest BCUT2D eigenvalue weighted by Gasteiger charge is 2.11. The summed E-state index contributed by atoms with van der Waals surface area (Å²) in [6, 6.07) is 4.77. The van der Waals surface area contributed by atoms with Crippen LogP contribution in [0.15, 0.2) is 18.2 Å². The molecule has 0 fully saturated rings. The number of hydrogen-bond acceptors (Lipinski definition) is 4. The van der Waals surface area contributed by atoms with Crippen LogP contribution in [0, 0.1) is 16.0 Å². The summed E-state index contributed by atoms with van der Waals surface area (Å²) in [5, 5.41) is 10.7. The molecule has 100 valence electrons. The Hall–Kier alpha value is -1.62. The minimum Gasteiger partial charge on any atom is -0.393 e. The largest absolute Gasteiger partial charge is 0.393 e. The van der Waals surface area contributed by atoms with Crippen LogP contribution in [-0.2, 0) is 11.3 Å². The second kappa shape index (κ2) is 6.96. The quantitative estimate of drug-likeness (QED) is 0.350. The number of nitrogens with zero attached hydrogens (tertiary/aromatic N) is 1. The van der Waals surface area contributed by atoms with Gasteiger partial charge in [0, 0.05) is 12.7 Å². The topological polar surface area (TPSA) is 78.4 Å². The van der Waals surface area contributed by atoms with Crippen molar-refractivity contribution in [2.24, 2.45) is 5.92 Å². The van der Waals surface area contributed by atoms with Gasteiger partial charge in [-0.3, -0.25) is 10.1 Å². The minimum atomic E-state index is -0.475. The summed E-state index contributed by atoms with van der Waals surface area (Å²) in [6.07, 6.45) is 2.14. The van der Waals surface area contributed by atoms with E-state index < -0.39 is 4.92 Å². The second-order valence-corrected chi connectivity index (χ2v) is 4.74. The van der Waals surface area contributed by atoms with E-state index in [1.165, 1.54) is 6.07 Å². The lowest BCUT2D eigenvalue weighted by molar-refractivity contribution is -0.384. The molecule has 2 N–H and O–H groups in total. The van der Waals surface area contributed by atoms with Crippen LogP contribution in [-0.4, -0.2) is 11.5 Å². The van der Waals surface area contributed by atoms with Crippen molar-refractivity contribution in [2.45, 2.75) is 33.3 Å². The number of nitro benzene ring substituents is 1. The molecule has 0 atom stereocenters. The average Bonchev–Trinajstić information content (AvgIpc) is 2.30. The molecule has 0 aromatic heterocycles. The van der Waals surface area contributed by atoms with Gasteiger partial charge in [-0.2, -0.15) is 0 Å². The third-order valence-electron chi connectivity index (χ3n) is 2.63. The standard InChI is InChI=1S/C13H20N2O3/c1-10(2)4-3-7-18-9-11-5-6-12(14)13(8-11)15(16)17/h5-6,8,10H,3-4,7,9,14H2,1-2H3. The molecule has 1 aromatic rings. The first-order valence-electron chi connectivity index (χ1n) is 6.11. The van der Waals surface area contributed by atoms with E-state index in [2.05, 4.69) is 13.8 Å². The molecule has 0 saturated carbocycles. The Morgan fingerprint density at radius 3 is 2.78 bits per heavy atom. The maximum atomic E-state index is 10.7. The zero-order valence-corrected chi connectivity index (χ0v) is 10.9. The van der Waals surface area contributed by atoms with E-state index >= 15 is 0 Å². The van der Waals surface area contributed by atoms with Crippen LogP contribution in [0.3, 0.4) is 0 Å². The molecule has 18 heavy (non-hydrogen) atoms. The maximum Gasteiger partial charge on any atom is 0.292 e. The fourth-order valence-electron chi connectivity index (χ4n) is 1.62. The van der Waals surface area contributed by atoms with E-state index in [-0.39, 0.29) is 11.4 Å². The lowest BCUT2D eigenvalue weighted by Crippen LogP contribution is -2.00. The molecule has 0 radical (unpaired) electrons. The van der Waals surface area contributed by atoms with E-state index in [1.807, 2.05) is 0 Å². The highest BCUT2D eigenvalue weighted by molar-refractivity contribution is 5.59. The van der Waals surface area contributed by atoms with Crippen molar-refractivity contribution in [3.8, 4) is 0 Å². The molecule has 5 heteroatoms. The van der Waals surface area contributed by atoms with Gasteiger partial charge in [-0.05, 0) is 30.4 Å². The molecule has 0 heterocycles. The summed E-state index contributed by atoms with van der Waals surface area (Å²) in [5.41, 5.74) is 6.42. The Morgan fingerprint density at radius 1 is 1.44 bits per heavy atom. The van der Waals surface area contributed by atoms with Crippen LogP contribution in [0.2, 0.25) is 0 Å². The molecular formula is C13H20N2O3. The van der Waals surface area contributed by atoms with Crippen molar-refractivity contribution in [2.75, 3.05) is 12.3 Å². The fourth-order valence-corrected chi connectivity index (χ4v) is 1.62. The molecule has 5 nitrogen and oxygen atoms in total. The Labute approximate surface area is 107 Å². The smallest absolute Gasteiger partial charge is 0.292 e. The van der Waals surface area contributed by atoms with Crippen molar-refractivity contribution in [3.63, 3.8) is 0 Å². The summed E-state index contributed by atoms with van der Waals surface area (Å²) < 4.78 is 5.48. The van der Waals surface area contributed by atoms with Crippen LogP contribution >= 0.6 is 0 Å². The number of rotatable bonds is 7. The first-order chi connectivity index (χ1) is 8.50. The summed E-state index contributed by atoms with van der Waals surface area (Å²) in [6.45, 7) is 5.40. The molecule has 1 aromatic carbocycles. The van der Waals surface area contributed by atoms with Gasteiger partial charge in [-0.1, -0.05) is 19.9 Å².